The molecule has 2 aromatic rings. The van der Waals surface area contributed by atoms with Crippen molar-refractivity contribution < 1.29 is 13.2 Å². The molecule has 1 aliphatic rings. The van der Waals surface area contributed by atoms with E-state index in [0.717, 1.165) is 4.31 Å². The molecule has 1 atom stereocenters. The summed E-state index contributed by atoms with van der Waals surface area (Å²) in [4.78, 5) is 40.1. The van der Waals surface area contributed by atoms with Gasteiger partial charge in [-0.05, 0) is 24.1 Å². The number of sulfonamides is 1. The summed E-state index contributed by atoms with van der Waals surface area (Å²) in [5.74, 6) is 0.440. The van der Waals surface area contributed by atoms with Crippen LogP contribution in [0.1, 0.15) is 13.8 Å². The van der Waals surface area contributed by atoms with Crippen molar-refractivity contribution in [3.05, 3.63) is 39.0 Å². The van der Waals surface area contributed by atoms with Crippen molar-refractivity contribution >= 4 is 38.6 Å². The van der Waals surface area contributed by atoms with Gasteiger partial charge in [0.05, 0.1) is 21.7 Å². The Balaban J connectivity index is 1.95. The molecule has 1 aliphatic heterocycles. The first kappa shape index (κ1) is 19.6. The third-order valence-electron chi connectivity index (χ3n) is 4.15. The van der Waals surface area contributed by atoms with Gasteiger partial charge in [0.25, 0.3) is 5.56 Å². The van der Waals surface area contributed by atoms with Gasteiger partial charge in [-0.3, -0.25) is 14.6 Å². The summed E-state index contributed by atoms with van der Waals surface area (Å²) >= 11 is 1.35. The van der Waals surface area contributed by atoms with E-state index in [-0.39, 0.29) is 33.5 Å². The van der Waals surface area contributed by atoms with Crippen molar-refractivity contribution in [2.24, 2.45) is 5.92 Å². The van der Waals surface area contributed by atoms with E-state index in [4.69, 9.17) is 0 Å². The zero-order valence-corrected chi connectivity index (χ0v) is 16.4. The number of fused-ring (bicyclic) bond motifs is 1. The minimum atomic E-state index is -3.98. The highest BCUT2D eigenvalue weighted by Crippen LogP contribution is 2.29. The molecular weight excluding hydrogens is 392 g/mol. The second-order valence-corrected chi connectivity index (χ2v) is 9.55. The second kappa shape index (κ2) is 7.49. The molecule has 1 aromatic heterocycles. The van der Waals surface area contributed by atoms with Gasteiger partial charge in [-0.25, -0.2) is 13.2 Å². The quantitative estimate of drug-likeness (QED) is 0.636. The molecule has 1 saturated heterocycles. The van der Waals surface area contributed by atoms with Crippen LogP contribution < -0.4 is 16.6 Å². The number of benzene rings is 1. The Labute approximate surface area is 159 Å². The number of aromatic amines is 2. The van der Waals surface area contributed by atoms with E-state index in [2.05, 4.69) is 15.3 Å². The highest BCUT2D eigenvalue weighted by molar-refractivity contribution is 8.00. The van der Waals surface area contributed by atoms with Crippen molar-refractivity contribution in [1.82, 2.24) is 19.6 Å². The van der Waals surface area contributed by atoms with Crippen LogP contribution >= 0.6 is 11.8 Å². The lowest BCUT2D eigenvalue weighted by Gasteiger charge is -2.23. The fourth-order valence-corrected chi connectivity index (χ4v) is 5.91. The average molecular weight is 412 g/mol. The Morgan fingerprint density at radius 1 is 1.33 bits per heavy atom. The maximum absolute atomic E-state index is 13.1. The molecular formula is C16H20N4O5S2. The Kier molecular flexibility index (Phi) is 5.45. The number of hydrogen-bond donors (Lipinski definition) is 3. The summed E-state index contributed by atoms with van der Waals surface area (Å²) in [6.45, 7) is 4.37. The lowest BCUT2D eigenvalue weighted by Crippen LogP contribution is -2.47. The van der Waals surface area contributed by atoms with E-state index < -0.39 is 27.3 Å². The standard InChI is InChI=1S/C16H20N4O5S2/c1-9(2)6-17-15(22)13-7-26-8-20(13)27(24,25)10-3-4-12-11(5-10)14(21)19-16(23)18-12/h3-5,9,13H,6-8H2,1-2H3,(H,17,22)(H2,18,19,21,23). The molecule has 1 fully saturated rings. The van der Waals surface area contributed by atoms with Crippen LogP contribution in [0.5, 0.6) is 0 Å². The summed E-state index contributed by atoms with van der Waals surface area (Å²) in [7, 11) is -3.98. The largest absolute Gasteiger partial charge is 0.354 e. The Bertz CT molecular complexity index is 1090. The molecule has 11 heteroatoms. The van der Waals surface area contributed by atoms with Gasteiger partial charge >= 0.3 is 5.69 Å². The number of amides is 1. The van der Waals surface area contributed by atoms with Gasteiger partial charge in [-0.15, -0.1) is 11.8 Å². The van der Waals surface area contributed by atoms with E-state index in [1.165, 1.54) is 30.0 Å². The molecule has 146 valence electrons. The Morgan fingerprint density at radius 3 is 2.78 bits per heavy atom. The number of hydrogen-bond acceptors (Lipinski definition) is 6. The topological polar surface area (TPSA) is 132 Å². The molecule has 0 bridgehead atoms. The van der Waals surface area contributed by atoms with E-state index in [9.17, 15) is 22.8 Å². The van der Waals surface area contributed by atoms with Gasteiger partial charge in [-0.1, -0.05) is 13.8 Å². The normalized spacial score (nSPS) is 18.3. The molecule has 3 rings (SSSR count). The van der Waals surface area contributed by atoms with Crippen molar-refractivity contribution in [1.29, 1.82) is 0 Å². The minimum absolute atomic E-state index is 0.0586. The molecule has 0 aliphatic carbocycles. The fourth-order valence-electron chi connectivity index (χ4n) is 2.73. The number of carbonyl (C=O) groups is 1. The number of carbonyl (C=O) groups excluding carboxylic acids is 1. The van der Waals surface area contributed by atoms with Crippen LogP contribution in [-0.4, -0.2) is 52.8 Å². The van der Waals surface area contributed by atoms with Crippen LogP contribution in [0, 0.1) is 5.92 Å². The summed E-state index contributed by atoms with van der Waals surface area (Å²) in [6.07, 6.45) is 0. The molecule has 0 spiro atoms. The van der Waals surface area contributed by atoms with Gasteiger partial charge in [0.2, 0.25) is 15.9 Å². The molecule has 9 nitrogen and oxygen atoms in total. The number of aromatic nitrogens is 2. The van der Waals surface area contributed by atoms with Crippen LogP contribution in [0.15, 0.2) is 32.7 Å². The van der Waals surface area contributed by atoms with Crippen molar-refractivity contribution in [3.8, 4) is 0 Å². The van der Waals surface area contributed by atoms with Crippen molar-refractivity contribution in [2.45, 2.75) is 24.8 Å². The highest BCUT2D eigenvalue weighted by atomic mass is 32.2. The van der Waals surface area contributed by atoms with Crippen LogP contribution in [-0.2, 0) is 14.8 Å². The first-order chi connectivity index (χ1) is 12.7. The monoisotopic (exact) mass is 412 g/mol. The average Bonchev–Trinajstić information content (AvgIpc) is 3.09. The smallest absolute Gasteiger partial charge is 0.326 e. The van der Waals surface area contributed by atoms with Gasteiger partial charge in [0.15, 0.2) is 0 Å². The molecule has 2 heterocycles. The molecule has 1 aromatic carbocycles. The Morgan fingerprint density at radius 2 is 2.07 bits per heavy atom. The molecule has 0 radical (unpaired) electrons. The number of thioether (sulfide) groups is 1. The maximum atomic E-state index is 13.1. The number of nitrogens with zero attached hydrogens (tertiary/aromatic N) is 1. The SMILES string of the molecule is CC(C)CNC(=O)C1CSCN1S(=O)(=O)c1ccc2[nH]c(=O)[nH]c(=O)c2c1. The van der Waals surface area contributed by atoms with Crippen LogP contribution in [0.3, 0.4) is 0 Å². The van der Waals surface area contributed by atoms with E-state index in [0.29, 0.717) is 12.3 Å². The van der Waals surface area contributed by atoms with Gasteiger partial charge < -0.3 is 10.3 Å². The lowest BCUT2D eigenvalue weighted by molar-refractivity contribution is -0.123. The number of nitrogens with one attached hydrogen (secondary N) is 3. The lowest BCUT2D eigenvalue weighted by atomic mass is 10.2. The molecule has 27 heavy (non-hydrogen) atoms. The number of H-pyrrole nitrogens is 2. The first-order valence-electron chi connectivity index (χ1n) is 8.34. The number of rotatable bonds is 5. The predicted octanol–water partition coefficient (Wildman–Crippen LogP) is 0.0522. The zero-order chi connectivity index (χ0) is 19.8. The maximum Gasteiger partial charge on any atom is 0.326 e. The summed E-state index contributed by atoms with van der Waals surface area (Å²) in [6, 6.07) is 3.10. The van der Waals surface area contributed by atoms with Gasteiger partial charge in [0.1, 0.15) is 6.04 Å². The minimum Gasteiger partial charge on any atom is -0.354 e. The zero-order valence-electron chi connectivity index (χ0n) is 14.8. The molecule has 0 saturated carbocycles. The first-order valence-corrected chi connectivity index (χ1v) is 10.9. The summed E-state index contributed by atoms with van der Waals surface area (Å²) < 4.78 is 27.3. The predicted molar refractivity (Wildman–Crippen MR) is 103 cm³/mol. The van der Waals surface area contributed by atoms with Crippen molar-refractivity contribution in [2.75, 3.05) is 18.2 Å². The van der Waals surface area contributed by atoms with Gasteiger partial charge in [0, 0.05) is 12.3 Å². The third kappa shape index (κ3) is 3.94. The van der Waals surface area contributed by atoms with E-state index in [1.807, 2.05) is 13.8 Å². The third-order valence-corrected chi connectivity index (χ3v) is 7.17. The summed E-state index contributed by atoms with van der Waals surface area (Å²) in [5.41, 5.74) is -1.10. The van der Waals surface area contributed by atoms with Crippen LogP contribution in [0.2, 0.25) is 0 Å². The highest BCUT2D eigenvalue weighted by Gasteiger charge is 2.40. The van der Waals surface area contributed by atoms with Crippen molar-refractivity contribution in [3.63, 3.8) is 0 Å². The molecule has 3 N–H and O–H groups in total. The van der Waals surface area contributed by atoms with E-state index >= 15 is 0 Å². The van der Waals surface area contributed by atoms with Crippen LogP contribution in [0.4, 0.5) is 0 Å². The van der Waals surface area contributed by atoms with Crippen LogP contribution in [0.25, 0.3) is 10.9 Å². The van der Waals surface area contributed by atoms with Gasteiger partial charge in [-0.2, -0.15) is 4.31 Å². The molecule has 1 amide bonds. The fraction of sp³-hybridized carbons (Fsp3) is 0.438. The summed E-state index contributed by atoms with van der Waals surface area (Å²) in [5, 5.41) is 2.83. The Hall–Kier alpha value is -2.11. The second-order valence-electron chi connectivity index (χ2n) is 6.66. The molecule has 1 unspecified atom stereocenters. The van der Waals surface area contributed by atoms with E-state index in [1.54, 1.807) is 0 Å².